The Hall–Kier alpha value is -1.78. The molecule has 1 rings (SSSR count). The Morgan fingerprint density at radius 3 is 2.33 bits per heavy atom. The number of halogens is 3. The Morgan fingerprint density at radius 1 is 1.28 bits per heavy atom. The molecule has 18 heavy (non-hydrogen) atoms. The monoisotopic (exact) mass is 260 g/mol. The first-order valence-electron chi connectivity index (χ1n) is 5.02. The molecular formula is C11H11F3N2O2. The predicted molar refractivity (Wildman–Crippen MR) is 57.7 cm³/mol. The van der Waals surface area contributed by atoms with Gasteiger partial charge in [0.2, 0.25) is 0 Å². The summed E-state index contributed by atoms with van der Waals surface area (Å²) in [6.07, 6.45) is -4.59. The van der Waals surface area contributed by atoms with E-state index in [9.17, 15) is 13.2 Å². The van der Waals surface area contributed by atoms with Gasteiger partial charge in [0.05, 0.1) is 36.5 Å². The predicted octanol–water partition coefficient (Wildman–Crippen LogP) is 1.34. The van der Waals surface area contributed by atoms with Crippen molar-refractivity contribution in [1.82, 2.24) is 0 Å². The number of nitriles is 1. The average Bonchev–Trinajstić information content (AvgIpc) is 2.34. The summed E-state index contributed by atoms with van der Waals surface area (Å²) in [5, 5.41) is 29.0. The number of hydrogen-bond donors (Lipinski definition) is 3. The minimum absolute atomic E-state index is 0.229. The number of rotatable bonds is 4. The van der Waals surface area contributed by atoms with E-state index in [2.05, 4.69) is 5.32 Å². The van der Waals surface area contributed by atoms with Gasteiger partial charge in [-0.15, -0.1) is 0 Å². The number of nitrogens with one attached hydrogen (secondary N) is 1. The number of benzene rings is 1. The zero-order valence-corrected chi connectivity index (χ0v) is 9.20. The van der Waals surface area contributed by atoms with Crippen LogP contribution in [0.2, 0.25) is 0 Å². The highest BCUT2D eigenvalue weighted by Crippen LogP contribution is 2.33. The largest absolute Gasteiger partial charge is 0.417 e. The second kappa shape index (κ2) is 5.71. The van der Waals surface area contributed by atoms with Crippen LogP contribution in [0.3, 0.4) is 0 Å². The Balaban J connectivity index is 3.04. The summed E-state index contributed by atoms with van der Waals surface area (Å²) in [6.45, 7) is -0.751. The Kier molecular flexibility index (Phi) is 4.53. The average molecular weight is 260 g/mol. The topological polar surface area (TPSA) is 76.3 Å². The molecule has 0 aliphatic rings. The third-order valence-electron chi connectivity index (χ3n) is 2.26. The molecule has 0 fully saturated rings. The molecule has 3 N–H and O–H groups in total. The second-order valence-corrected chi connectivity index (χ2v) is 3.58. The number of nitrogens with zero attached hydrogens (tertiary/aromatic N) is 1. The molecule has 0 amide bonds. The van der Waals surface area contributed by atoms with E-state index < -0.39 is 23.3 Å². The van der Waals surface area contributed by atoms with E-state index in [1.165, 1.54) is 6.07 Å². The van der Waals surface area contributed by atoms with Crippen LogP contribution in [0.5, 0.6) is 0 Å². The molecule has 0 aliphatic heterocycles. The lowest BCUT2D eigenvalue weighted by Gasteiger charge is -2.16. The fourth-order valence-corrected chi connectivity index (χ4v) is 1.36. The van der Waals surface area contributed by atoms with Crippen LogP contribution in [0.15, 0.2) is 18.2 Å². The summed E-state index contributed by atoms with van der Waals surface area (Å²) in [5.74, 6) is 0. The van der Waals surface area contributed by atoms with Crippen molar-refractivity contribution in [2.75, 3.05) is 18.5 Å². The van der Waals surface area contributed by atoms with Crippen LogP contribution < -0.4 is 5.32 Å². The summed E-state index contributed by atoms with van der Waals surface area (Å²) >= 11 is 0. The van der Waals surface area contributed by atoms with Crippen molar-refractivity contribution in [3.8, 4) is 6.07 Å². The standard InChI is InChI=1S/C11H11F3N2O2/c12-11(13,14)10-2-1-8(3-7(10)4-15)16-9(5-17)6-18/h1-3,9,16-18H,5-6H2. The first kappa shape index (κ1) is 14.3. The van der Waals surface area contributed by atoms with Gasteiger partial charge >= 0.3 is 6.18 Å². The summed E-state index contributed by atoms with van der Waals surface area (Å²) in [7, 11) is 0. The second-order valence-electron chi connectivity index (χ2n) is 3.58. The maximum Gasteiger partial charge on any atom is 0.417 e. The Labute approximate surface area is 101 Å². The van der Waals surface area contributed by atoms with Gasteiger partial charge in [0, 0.05) is 5.69 Å². The molecule has 0 unspecified atom stereocenters. The summed E-state index contributed by atoms with van der Waals surface area (Å²) in [4.78, 5) is 0. The molecule has 0 saturated heterocycles. The zero-order chi connectivity index (χ0) is 13.8. The van der Waals surface area contributed by atoms with Crippen molar-refractivity contribution in [2.45, 2.75) is 12.2 Å². The lowest BCUT2D eigenvalue weighted by molar-refractivity contribution is -0.137. The van der Waals surface area contributed by atoms with Gasteiger partial charge in [-0.1, -0.05) is 0 Å². The molecule has 1 aromatic rings. The molecule has 0 aromatic heterocycles. The van der Waals surface area contributed by atoms with E-state index in [1.807, 2.05) is 0 Å². The van der Waals surface area contributed by atoms with Crippen LogP contribution in [0.4, 0.5) is 18.9 Å². The molecule has 0 bridgehead atoms. The van der Waals surface area contributed by atoms with E-state index in [0.717, 1.165) is 18.2 Å². The maximum atomic E-state index is 12.5. The summed E-state index contributed by atoms with van der Waals surface area (Å²) in [6, 6.07) is 3.73. The molecule has 0 spiro atoms. The lowest BCUT2D eigenvalue weighted by Crippen LogP contribution is -2.27. The molecular weight excluding hydrogens is 249 g/mol. The van der Waals surface area contributed by atoms with Crippen molar-refractivity contribution in [3.05, 3.63) is 29.3 Å². The van der Waals surface area contributed by atoms with Crippen LogP contribution in [0.25, 0.3) is 0 Å². The van der Waals surface area contributed by atoms with Gasteiger partial charge in [0.25, 0.3) is 0 Å². The van der Waals surface area contributed by atoms with Gasteiger partial charge < -0.3 is 15.5 Å². The number of anilines is 1. The SMILES string of the molecule is N#Cc1cc(NC(CO)CO)ccc1C(F)(F)F. The molecule has 0 heterocycles. The molecule has 0 radical (unpaired) electrons. The third-order valence-corrected chi connectivity index (χ3v) is 2.26. The molecule has 0 atom stereocenters. The highest BCUT2D eigenvalue weighted by molar-refractivity contribution is 5.54. The van der Waals surface area contributed by atoms with Crippen molar-refractivity contribution >= 4 is 5.69 Å². The smallest absolute Gasteiger partial charge is 0.394 e. The van der Waals surface area contributed by atoms with E-state index >= 15 is 0 Å². The van der Waals surface area contributed by atoms with E-state index in [-0.39, 0.29) is 18.9 Å². The van der Waals surface area contributed by atoms with Crippen LogP contribution in [0.1, 0.15) is 11.1 Å². The van der Waals surface area contributed by atoms with Crippen LogP contribution in [-0.4, -0.2) is 29.5 Å². The van der Waals surface area contributed by atoms with E-state index in [1.54, 1.807) is 0 Å². The highest BCUT2D eigenvalue weighted by Gasteiger charge is 2.33. The van der Waals surface area contributed by atoms with E-state index in [0.29, 0.717) is 0 Å². The van der Waals surface area contributed by atoms with Crippen molar-refractivity contribution in [1.29, 1.82) is 5.26 Å². The van der Waals surface area contributed by atoms with Crippen LogP contribution >= 0.6 is 0 Å². The van der Waals surface area contributed by atoms with Crippen LogP contribution in [-0.2, 0) is 6.18 Å². The zero-order valence-electron chi connectivity index (χ0n) is 9.20. The van der Waals surface area contributed by atoms with Crippen molar-refractivity contribution < 1.29 is 23.4 Å². The number of aliphatic hydroxyl groups excluding tert-OH is 2. The molecule has 0 saturated carbocycles. The van der Waals surface area contributed by atoms with E-state index in [4.69, 9.17) is 15.5 Å². The normalized spacial score (nSPS) is 11.4. The minimum atomic E-state index is -4.59. The molecule has 98 valence electrons. The third kappa shape index (κ3) is 3.35. The van der Waals surface area contributed by atoms with Crippen molar-refractivity contribution in [2.24, 2.45) is 0 Å². The highest BCUT2D eigenvalue weighted by atomic mass is 19.4. The van der Waals surface area contributed by atoms with Gasteiger partial charge in [0.1, 0.15) is 0 Å². The molecule has 4 nitrogen and oxygen atoms in total. The maximum absolute atomic E-state index is 12.5. The fourth-order valence-electron chi connectivity index (χ4n) is 1.36. The lowest BCUT2D eigenvalue weighted by atomic mass is 10.1. The Morgan fingerprint density at radius 2 is 1.89 bits per heavy atom. The number of hydrogen-bond acceptors (Lipinski definition) is 4. The first-order chi connectivity index (χ1) is 8.42. The van der Waals surface area contributed by atoms with Gasteiger partial charge in [0.15, 0.2) is 0 Å². The number of alkyl halides is 3. The van der Waals surface area contributed by atoms with Crippen LogP contribution in [0, 0.1) is 11.3 Å². The van der Waals surface area contributed by atoms with Gasteiger partial charge in [-0.25, -0.2) is 0 Å². The molecule has 0 aliphatic carbocycles. The van der Waals surface area contributed by atoms with Gasteiger partial charge in [-0.2, -0.15) is 18.4 Å². The van der Waals surface area contributed by atoms with Crippen molar-refractivity contribution in [3.63, 3.8) is 0 Å². The minimum Gasteiger partial charge on any atom is -0.394 e. The first-order valence-corrected chi connectivity index (χ1v) is 5.02. The summed E-state index contributed by atoms with van der Waals surface area (Å²) < 4.78 is 37.5. The fraction of sp³-hybridized carbons (Fsp3) is 0.364. The van der Waals surface area contributed by atoms with Gasteiger partial charge in [-0.3, -0.25) is 0 Å². The Bertz CT molecular complexity index is 451. The summed E-state index contributed by atoms with van der Waals surface area (Å²) in [5.41, 5.74) is -1.30. The quantitative estimate of drug-likeness (QED) is 0.763. The number of aliphatic hydroxyl groups is 2. The molecule has 7 heteroatoms. The van der Waals surface area contributed by atoms with Gasteiger partial charge in [-0.05, 0) is 18.2 Å². The molecule has 1 aromatic carbocycles.